The molecule has 190 valence electrons. The Kier molecular flexibility index (Phi) is 9.31. The second kappa shape index (κ2) is 12.4. The standard InChI is InChI=1S/C25H25FN2O6S2/c1-4-33-24(31)20-16(18-10-7-11-35-18)13-36-23(20)27-19(29)12-34-25(32)21(14(2)3)28-22(30)15-8-5-6-9-17(15)26/h5-11,13-14,21H,4,12H2,1-3H3,(H,27,29)(H,28,30). The highest BCUT2D eigenvalue weighted by molar-refractivity contribution is 7.17. The lowest BCUT2D eigenvalue weighted by Crippen LogP contribution is -2.46. The molecule has 2 heterocycles. The van der Waals surface area contributed by atoms with Gasteiger partial charge in [-0.05, 0) is 36.4 Å². The topological polar surface area (TPSA) is 111 Å². The fraction of sp³-hybridized carbons (Fsp3) is 0.280. The lowest BCUT2D eigenvalue weighted by Gasteiger charge is -2.21. The highest BCUT2D eigenvalue weighted by atomic mass is 32.1. The van der Waals surface area contributed by atoms with Crippen LogP contribution < -0.4 is 10.6 Å². The number of anilines is 1. The maximum Gasteiger partial charge on any atom is 0.341 e. The summed E-state index contributed by atoms with van der Waals surface area (Å²) >= 11 is 2.59. The fourth-order valence-corrected chi connectivity index (χ4v) is 5.01. The van der Waals surface area contributed by atoms with E-state index in [4.69, 9.17) is 9.47 Å². The summed E-state index contributed by atoms with van der Waals surface area (Å²) in [6.07, 6.45) is 0. The number of carbonyl (C=O) groups excluding carboxylic acids is 4. The van der Waals surface area contributed by atoms with Gasteiger partial charge in [-0.3, -0.25) is 9.59 Å². The van der Waals surface area contributed by atoms with Crippen molar-refractivity contribution in [3.05, 3.63) is 64.1 Å². The quantitative estimate of drug-likeness (QED) is 0.365. The number of thiophene rings is 2. The Balaban J connectivity index is 1.66. The molecule has 3 aromatic rings. The van der Waals surface area contributed by atoms with E-state index in [1.54, 1.807) is 26.2 Å². The van der Waals surface area contributed by atoms with Crippen molar-refractivity contribution >= 4 is 51.4 Å². The summed E-state index contributed by atoms with van der Waals surface area (Å²) in [7, 11) is 0. The van der Waals surface area contributed by atoms with Gasteiger partial charge in [0, 0.05) is 15.8 Å². The molecule has 36 heavy (non-hydrogen) atoms. The van der Waals surface area contributed by atoms with Crippen LogP contribution in [-0.4, -0.2) is 43.0 Å². The zero-order valence-electron chi connectivity index (χ0n) is 19.8. The van der Waals surface area contributed by atoms with Gasteiger partial charge in [0.25, 0.3) is 11.8 Å². The van der Waals surface area contributed by atoms with Crippen molar-refractivity contribution in [2.75, 3.05) is 18.5 Å². The van der Waals surface area contributed by atoms with Crippen LogP contribution >= 0.6 is 22.7 Å². The van der Waals surface area contributed by atoms with Crippen LogP contribution in [0.3, 0.4) is 0 Å². The summed E-state index contributed by atoms with van der Waals surface area (Å²) in [4.78, 5) is 51.1. The number of benzene rings is 1. The molecule has 0 aliphatic rings. The summed E-state index contributed by atoms with van der Waals surface area (Å²) in [5.41, 5.74) is 0.650. The van der Waals surface area contributed by atoms with Gasteiger partial charge < -0.3 is 20.1 Å². The van der Waals surface area contributed by atoms with Gasteiger partial charge in [0.2, 0.25) is 0 Å². The average molecular weight is 533 g/mol. The second-order valence-electron chi connectivity index (χ2n) is 7.88. The minimum absolute atomic E-state index is 0.165. The molecule has 0 saturated carbocycles. The number of esters is 2. The van der Waals surface area contributed by atoms with Crippen LogP contribution in [0.25, 0.3) is 10.4 Å². The van der Waals surface area contributed by atoms with Crippen LogP contribution in [0.4, 0.5) is 9.39 Å². The zero-order chi connectivity index (χ0) is 26.2. The molecule has 1 unspecified atom stereocenters. The van der Waals surface area contributed by atoms with Gasteiger partial charge >= 0.3 is 11.9 Å². The summed E-state index contributed by atoms with van der Waals surface area (Å²) < 4.78 is 24.2. The molecule has 2 aromatic heterocycles. The molecule has 0 spiro atoms. The van der Waals surface area contributed by atoms with E-state index in [1.807, 2.05) is 17.5 Å². The van der Waals surface area contributed by atoms with Crippen molar-refractivity contribution in [2.24, 2.45) is 5.92 Å². The molecule has 1 aromatic carbocycles. The molecule has 0 saturated heterocycles. The molecule has 2 N–H and O–H groups in total. The number of rotatable bonds is 10. The van der Waals surface area contributed by atoms with Gasteiger partial charge in [-0.2, -0.15) is 0 Å². The molecule has 2 amide bonds. The predicted molar refractivity (Wildman–Crippen MR) is 136 cm³/mol. The number of amides is 2. The maximum atomic E-state index is 13.9. The Morgan fingerprint density at radius 1 is 1.03 bits per heavy atom. The monoisotopic (exact) mass is 532 g/mol. The van der Waals surface area contributed by atoms with Crippen molar-refractivity contribution < 1.29 is 33.0 Å². The summed E-state index contributed by atoms with van der Waals surface area (Å²) in [5, 5.41) is 8.94. The van der Waals surface area contributed by atoms with Crippen molar-refractivity contribution in [1.82, 2.24) is 5.32 Å². The number of nitrogens with one attached hydrogen (secondary N) is 2. The van der Waals surface area contributed by atoms with E-state index in [0.29, 0.717) is 5.56 Å². The third-order valence-electron chi connectivity index (χ3n) is 4.98. The number of hydrogen-bond acceptors (Lipinski definition) is 8. The minimum Gasteiger partial charge on any atom is -0.462 e. The first-order valence-electron chi connectivity index (χ1n) is 11.1. The summed E-state index contributed by atoms with van der Waals surface area (Å²) in [6, 6.07) is 7.99. The molecule has 3 rings (SSSR count). The van der Waals surface area contributed by atoms with E-state index >= 15 is 0 Å². The Hall–Kier alpha value is -3.57. The Morgan fingerprint density at radius 3 is 2.42 bits per heavy atom. The van der Waals surface area contributed by atoms with E-state index in [9.17, 15) is 23.6 Å². The van der Waals surface area contributed by atoms with Gasteiger partial charge in [-0.15, -0.1) is 22.7 Å². The van der Waals surface area contributed by atoms with Gasteiger partial charge in [0.1, 0.15) is 22.4 Å². The third-order valence-corrected chi connectivity index (χ3v) is 6.78. The van der Waals surface area contributed by atoms with Gasteiger partial charge in [-0.1, -0.05) is 32.0 Å². The zero-order valence-corrected chi connectivity index (χ0v) is 21.5. The molecule has 0 bridgehead atoms. The van der Waals surface area contributed by atoms with Crippen LogP contribution in [-0.2, 0) is 19.1 Å². The van der Waals surface area contributed by atoms with Crippen molar-refractivity contribution in [3.63, 3.8) is 0 Å². The molecule has 0 aliphatic carbocycles. The highest BCUT2D eigenvalue weighted by Crippen LogP contribution is 2.38. The van der Waals surface area contributed by atoms with E-state index in [2.05, 4.69) is 10.6 Å². The van der Waals surface area contributed by atoms with Gasteiger partial charge in [0.05, 0.1) is 12.2 Å². The normalized spacial score (nSPS) is 11.6. The highest BCUT2D eigenvalue weighted by Gasteiger charge is 2.28. The lowest BCUT2D eigenvalue weighted by molar-refractivity contribution is -0.150. The lowest BCUT2D eigenvalue weighted by atomic mass is 10.0. The first-order chi connectivity index (χ1) is 17.2. The maximum absolute atomic E-state index is 13.9. The first kappa shape index (κ1) is 27.0. The average Bonchev–Trinajstić information content (AvgIpc) is 3.51. The van der Waals surface area contributed by atoms with E-state index in [0.717, 1.165) is 22.3 Å². The number of hydrogen-bond donors (Lipinski definition) is 2. The van der Waals surface area contributed by atoms with E-state index in [1.165, 1.54) is 29.5 Å². The van der Waals surface area contributed by atoms with Crippen LogP contribution in [0, 0.1) is 11.7 Å². The van der Waals surface area contributed by atoms with Crippen LogP contribution in [0.1, 0.15) is 41.5 Å². The van der Waals surface area contributed by atoms with Crippen LogP contribution in [0.2, 0.25) is 0 Å². The molecule has 8 nitrogen and oxygen atoms in total. The van der Waals surface area contributed by atoms with Gasteiger partial charge in [-0.25, -0.2) is 14.0 Å². The Morgan fingerprint density at radius 2 is 1.78 bits per heavy atom. The SMILES string of the molecule is CCOC(=O)c1c(-c2cccs2)csc1NC(=O)COC(=O)C(NC(=O)c1ccccc1F)C(C)C. The van der Waals surface area contributed by atoms with Crippen LogP contribution in [0.15, 0.2) is 47.2 Å². The minimum atomic E-state index is -1.10. The summed E-state index contributed by atoms with van der Waals surface area (Å²) in [6.45, 7) is 4.56. The van der Waals surface area contributed by atoms with Crippen LogP contribution in [0.5, 0.6) is 0 Å². The molecular weight excluding hydrogens is 507 g/mol. The Bertz CT molecular complexity index is 1240. The van der Waals surface area contributed by atoms with E-state index in [-0.39, 0.29) is 22.7 Å². The molecule has 0 fully saturated rings. The van der Waals surface area contributed by atoms with Crippen molar-refractivity contribution in [3.8, 4) is 10.4 Å². The molecular formula is C25H25FN2O6S2. The largest absolute Gasteiger partial charge is 0.462 e. The summed E-state index contributed by atoms with van der Waals surface area (Å²) in [5.74, 6) is -3.98. The number of halogens is 1. The molecule has 1 atom stereocenters. The Labute approximate surface area is 215 Å². The fourth-order valence-electron chi connectivity index (χ4n) is 3.22. The molecule has 11 heteroatoms. The van der Waals surface area contributed by atoms with Gasteiger partial charge in [0.15, 0.2) is 6.61 Å². The number of carbonyl (C=O) groups is 4. The van der Waals surface area contributed by atoms with E-state index < -0.39 is 48.1 Å². The van der Waals surface area contributed by atoms with Crippen molar-refractivity contribution in [2.45, 2.75) is 26.8 Å². The molecule has 0 aliphatic heterocycles. The second-order valence-corrected chi connectivity index (χ2v) is 9.71. The number of ether oxygens (including phenoxy) is 2. The third kappa shape index (κ3) is 6.55. The predicted octanol–water partition coefficient (Wildman–Crippen LogP) is 4.73. The first-order valence-corrected chi connectivity index (χ1v) is 12.8. The molecule has 0 radical (unpaired) electrons. The van der Waals surface area contributed by atoms with Crippen molar-refractivity contribution in [1.29, 1.82) is 0 Å². The smallest absolute Gasteiger partial charge is 0.341 e.